The molecule has 212 valence electrons. The zero-order valence-electron chi connectivity index (χ0n) is 22.5. The predicted octanol–water partition coefficient (Wildman–Crippen LogP) is 7.03. The van der Waals surface area contributed by atoms with Crippen LogP contribution in [0.25, 0.3) is 11.1 Å². The number of aryl methyl sites for hydroxylation is 2. The molecule has 0 unspecified atom stereocenters. The Labute approximate surface area is 239 Å². The second-order valence-corrected chi connectivity index (χ2v) is 9.43. The number of nitrogens with zero attached hydrogens (tertiary/aromatic N) is 4. The lowest BCUT2D eigenvalue weighted by molar-refractivity contribution is -0.393. The molecule has 0 radical (unpaired) electrons. The number of carbonyl (C=O) groups excluding carboxylic acids is 1. The summed E-state index contributed by atoms with van der Waals surface area (Å²) in [5.74, 6) is -0.412. The first-order chi connectivity index (χ1) is 20.0. The van der Waals surface area contributed by atoms with Crippen molar-refractivity contribution in [2.24, 2.45) is 4.99 Å². The Kier molecular flexibility index (Phi) is 8.46. The van der Waals surface area contributed by atoms with Crippen molar-refractivity contribution >= 4 is 34.7 Å². The van der Waals surface area contributed by atoms with Crippen molar-refractivity contribution in [1.29, 1.82) is 0 Å². The van der Waals surface area contributed by atoms with E-state index in [0.717, 1.165) is 53.8 Å². The van der Waals surface area contributed by atoms with Crippen molar-refractivity contribution in [3.8, 4) is 16.9 Å². The van der Waals surface area contributed by atoms with E-state index >= 15 is 0 Å². The molecular weight excluding hydrogens is 544 g/mol. The van der Waals surface area contributed by atoms with Gasteiger partial charge in [-0.1, -0.05) is 49.7 Å². The number of benzene rings is 4. The van der Waals surface area contributed by atoms with Gasteiger partial charge in [0.05, 0.1) is 26.4 Å². The van der Waals surface area contributed by atoms with Crippen LogP contribution in [0.1, 0.15) is 46.0 Å². The molecule has 0 saturated heterocycles. The number of ketones is 1. The molecule has 0 aromatic heterocycles. The summed E-state index contributed by atoms with van der Waals surface area (Å²) in [4.78, 5) is 47.3. The van der Waals surface area contributed by atoms with Crippen LogP contribution in [0.15, 0.2) is 77.8 Å². The Morgan fingerprint density at radius 3 is 2.10 bits per heavy atom. The van der Waals surface area contributed by atoms with Gasteiger partial charge in [-0.05, 0) is 42.2 Å². The number of non-ortho nitro benzene ring substituents is 2. The van der Waals surface area contributed by atoms with E-state index < -0.39 is 31.9 Å². The molecule has 0 heterocycles. The van der Waals surface area contributed by atoms with Gasteiger partial charge >= 0.3 is 0 Å². The maximum absolute atomic E-state index is 12.3. The number of fused-ring (bicyclic) bond motifs is 3. The number of hydrogen-bond donors (Lipinski definition) is 1. The molecule has 0 aliphatic heterocycles. The molecular formula is C30H24N4O8. The minimum Gasteiger partial charge on any atom is -0.505 e. The minimum atomic E-state index is -0.841. The summed E-state index contributed by atoms with van der Waals surface area (Å²) in [6, 6.07) is 18.9. The molecule has 0 fully saturated rings. The van der Waals surface area contributed by atoms with Gasteiger partial charge in [0.2, 0.25) is 0 Å². The van der Waals surface area contributed by atoms with E-state index in [1.807, 2.05) is 49.4 Å². The summed E-state index contributed by atoms with van der Waals surface area (Å²) in [6.07, 6.45) is 3.67. The normalized spacial score (nSPS) is 11.4. The topological polar surface area (TPSA) is 179 Å². The molecule has 12 heteroatoms. The highest BCUT2D eigenvalue weighted by Gasteiger charge is 2.36. The molecule has 0 amide bonds. The molecule has 12 nitrogen and oxygen atoms in total. The highest BCUT2D eigenvalue weighted by atomic mass is 16.6. The summed E-state index contributed by atoms with van der Waals surface area (Å²) in [6.45, 7) is 4.13. The van der Waals surface area contributed by atoms with Gasteiger partial charge < -0.3 is 5.11 Å². The highest BCUT2D eigenvalue weighted by Crippen LogP contribution is 2.45. The van der Waals surface area contributed by atoms with Gasteiger partial charge in [-0.15, -0.1) is 0 Å². The summed E-state index contributed by atoms with van der Waals surface area (Å²) in [5, 5.41) is 43.1. The van der Waals surface area contributed by atoms with E-state index in [9.17, 15) is 40.2 Å². The van der Waals surface area contributed by atoms with Crippen LogP contribution in [0, 0.1) is 37.3 Å². The molecule has 0 saturated carbocycles. The average Bonchev–Trinajstić information content (AvgIpc) is 3.25. The van der Waals surface area contributed by atoms with Crippen molar-refractivity contribution in [3.05, 3.63) is 131 Å². The molecule has 4 aromatic rings. The van der Waals surface area contributed by atoms with Crippen LogP contribution in [-0.4, -0.2) is 31.9 Å². The average molecular weight is 569 g/mol. The van der Waals surface area contributed by atoms with Gasteiger partial charge in [0.1, 0.15) is 11.4 Å². The van der Waals surface area contributed by atoms with E-state index in [4.69, 9.17) is 0 Å². The number of rotatable bonds is 7. The van der Waals surface area contributed by atoms with Crippen LogP contribution >= 0.6 is 0 Å². The van der Waals surface area contributed by atoms with Crippen LogP contribution in [0.4, 0.5) is 22.7 Å². The standard InChI is InChI=1S/C17H19NO.C13H5N3O7/c1-3-7-15-10-13(2)11-16(17(15)19)18-12-14-8-5-4-6-9-14;17-13-9-3-6(14(18)19)1-2-8(9)12-10(13)4-7(15(20)21)5-11(12)16(22)23/h4-6,8-12,19H,3,7H2,1-2H3;1-5H. The van der Waals surface area contributed by atoms with Crippen molar-refractivity contribution in [2.45, 2.75) is 26.7 Å². The third-order valence-electron chi connectivity index (χ3n) is 6.47. The van der Waals surface area contributed by atoms with E-state index in [1.54, 1.807) is 6.21 Å². The van der Waals surface area contributed by atoms with Crippen LogP contribution in [-0.2, 0) is 6.42 Å². The van der Waals surface area contributed by atoms with Gasteiger partial charge in [0, 0.05) is 41.1 Å². The largest absolute Gasteiger partial charge is 0.505 e. The van der Waals surface area contributed by atoms with Gasteiger partial charge in [-0.2, -0.15) is 0 Å². The first kappa shape index (κ1) is 29.2. The number of aliphatic imine (C=N–C) groups is 1. The van der Waals surface area contributed by atoms with Gasteiger partial charge in [0.25, 0.3) is 17.1 Å². The molecule has 0 atom stereocenters. The summed E-state index contributed by atoms with van der Waals surface area (Å²) in [5.41, 5.74) is 2.05. The molecule has 0 bridgehead atoms. The van der Waals surface area contributed by atoms with Gasteiger partial charge in [-0.25, -0.2) is 0 Å². The van der Waals surface area contributed by atoms with Gasteiger partial charge in [0.15, 0.2) is 5.78 Å². The zero-order chi connectivity index (χ0) is 30.6. The molecule has 42 heavy (non-hydrogen) atoms. The fourth-order valence-electron chi connectivity index (χ4n) is 4.60. The Bertz CT molecular complexity index is 1770. The number of aromatic hydroxyl groups is 1. The monoisotopic (exact) mass is 568 g/mol. The molecule has 5 rings (SSSR count). The quantitative estimate of drug-likeness (QED) is 0.123. The Morgan fingerprint density at radius 1 is 0.810 bits per heavy atom. The predicted molar refractivity (Wildman–Crippen MR) is 156 cm³/mol. The molecule has 1 N–H and O–H groups in total. The van der Waals surface area contributed by atoms with Gasteiger partial charge in [-0.3, -0.25) is 40.1 Å². The van der Waals surface area contributed by atoms with Crippen LogP contribution in [0.5, 0.6) is 5.75 Å². The van der Waals surface area contributed by atoms with E-state index in [-0.39, 0.29) is 27.9 Å². The first-order valence-corrected chi connectivity index (χ1v) is 12.7. The number of carbonyl (C=O) groups is 1. The second kappa shape index (κ2) is 12.2. The molecule has 0 spiro atoms. The summed E-state index contributed by atoms with van der Waals surface area (Å²) in [7, 11) is 0. The maximum Gasteiger partial charge on any atom is 0.284 e. The second-order valence-electron chi connectivity index (χ2n) is 9.43. The minimum absolute atomic E-state index is 0.0597. The number of nitro benzene ring substituents is 3. The van der Waals surface area contributed by atoms with Crippen molar-refractivity contribution < 1.29 is 24.7 Å². The first-order valence-electron chi connectivity index (χ1n) is 12.7. The lowest BCUT2D eigenvalue weighted by Gasteiger charge is -2.07. The lowest BCUT2D eigenvalue weighted by atomic mass is 10.0. The molecule has 1 aliphatic carbocycles. The van der Waals surface area contributed by atoms with Crippen molar-refractivity contribution in [3.63, 3.8) is 0 Å². The summed E-state index contributed by atoms with van der Waals surface area (Å²) < 4.78 is 0. The van der Waals surface area contributed by atoms with E-state index in [2.05, 4.69) is 11.9 Å². The Balaban J connectivity index is 0.000000197. The summed E-state index contributed by atoms with van der Waals surface area (Å²) >= 11 is 0. The number of phenols is 1. The molecule has 4 aromatic carbocycles. The van der Waals surface area contributed by atoms with Crippen molar-refractivity contribution in [2.75, 3.05) is 0 Å². The van der Waals surface area contributed by atoms with E-state index in [1.165, 1.54) is 6.07 Å². The lowest BCUT2D eigenvalue weighted by Crippen LogP contribution is -2.00. The van der Waals surface area contributed by atoms with Crippen LogP contribution in [0.3, 0.4) is 0 Å². The fraction of sp³-hybridized carbons (Fsp3) is 0.133. The van der Waals surface area contributed by atoms with Crippen LogP contribution < -0.4 is 0 Å². The molecule has 1 aliphatic rings. The fourth-order valence-corrected chi connectivity index (χ4v) is 4.60. The maximum atomic E-state index is 12.3. The van der Waals surface area contributed by atoms with E-state index in [0.29, 0.717) is 11.4 Å². The van der Waals surface area contributed by atoms with Crippen LogP contribution in [0.2, 0.25) is 0 Å². The Morgan fingerprint density at radius 2 is 1.48 bits per heavy atom. The SMILES string of the molecule is CCCc1cc(C)cc(N=Cc2ccccc2)c1O.O=C1c2cc([N+](=O)[O-])ccc2-c2c1cc([N+](=O)[O-])cc2[N+](=O)[O-]. The highest BCUT2D eigenvalue weighted by molar-refractivity contribution is 6.23. The number of phenolic OH excluding ortho intramolecular Hbond substituents is 1. The smallest absolute Gasteiger partial charge is 0.284 e. The van der Waals surface area contributed by atoms with Crippen molar-refractivity contribution in [1.82, 2.24) is 0 Å². The third-order valence-corrected chi connectivity index (χ3v) is 6.47. The number of hydrogen-bond acceptors (Lipinski definition) is 9. The Hall–Kier alpha value is -5.78. The number of nitro groups is 3. The zero-order valence-corrected chi connectivity index (χ0v) is 22.5. The third kappa shape index (κ3) is 6.02.